The summed E-state index contributed by atoms with van der Waals surface area (Å²) in [5.41, 5.74) is 1.14. The molecule has 0 aliphatic carbocycles. The van der Waals surface area contributed by atoms with Crippen molar-refractivity contribution in [3.8, 4) is 0 Å². The molecule has 0 radical (unpaired) electrons. The fourth-order valence-corrected chi connectivity index (χ4v) is 1.89. The van der Waals surface area contributed by atoms with E-state index in [1.165, 1.54) is 10.2 Å². The first-order valence-electron chi connectivity index (χ1n) is 3.16. The standard InChI is InChI=1S/C7H8N2S/c1-5-6-3-4-9(2)7(6)10-8-5/h3-4H,1-2H3. The number of rotatable bonds is 0. The van der Waals surface area contributed by atoms with Gasteiger partial charge in [-0.15, -0.1) is 0 Å². The summed E-state index contributed by atoms with van der Waals surface area (Å²) < 4.78 is 6.33. The van der Waals surface area contributed by atoms with Crippen LogP contribution in [-0.2, 0) is 7.05 Å². The van der Waals surface area contributed by atoms with E-state index in [1.807, 2.05) is 14.0 Å². The highest BCUT2D eigenvalue weighted by molar-refractivity contribution is 7.13. The Kier molecular flexibility index (Phi) is 1.08. The van der Waals surface area contributed by atoms with E-state index in [9.17, 15) is 0 Å². The number of hydrogen-bond acceptors (Lipinski definition) is 2. The van der Waals surface area contributed by atoms with E-state index in [-0.39, 0.29) is 0 Å². The molecule has 0 aliphatic heterocycles. The molecule has 0 aromatic carbocycles. The van der Waals surface area contributed by atoms with E-state index in [0.29, 0.717) is 0 Å². The summed E-state index contributed by atoms with van der Waals surface area (Å²) >= 11 is 1.56. The first-order valence-corrected chi connectivity index (χ1v) is 3.93. The lowest BCUT2D eigenvalue weighted by atomic mass is 10.3. The Labute approximate surface area is 63.3 Å². The van der Waals surface area contributed by atoms with E-state index < -0.39 is 0 Å². The number of fused-ring (bicyclic) bond motifs is 1. The minimum Gasteiger partial charge on any atom is -0.341 e. The maximum Gasteiger partial charge on any atom is 0.123 e. The van der Waals surface area contributed by atoms with Crippen LogP contribution in [0.25, 0.3) is 10.2 Å². The van der Waals surface area contributed by atoms with Gasteiger partial charge in [0.2, 0.25) is 0 Å². The van der Waals surface area contributed by atoms with Gasteiger partial charge in [-0.3, -0.25) is 0 Å². The van der Waals surface area contributed by atoms with Crippen molar-refractivity contribution in [1.82, 2.24) is 8.94 Å². The lowest BCUT2D eigenvalue weighted by Gasteiger charge is -1.84. The van der Waals surface area contributed by atoms with Crippen molar-refractivity contribution in [3.05, 3.63) is 18.0 Å². The predicted molar refractivity (Wildman–Crippen MR) is 43.3 cm³/mol. The van der Waals surface area contributed by atoms with Crippen LogP contribution in [0.3, 0.4) is 0 Å². The third-order valence-corrected chi connectivity index (χ3v) is 2.72. The molecule has 2 aromatic heterocycles. The normalized spacial score (nSPS) is 11.0. The van der Waals surface area contributed by atoms with Crippen molar-refractivity contribution >= 4 is 21.7 Å². The molecule has 0 spiro atoms. The Morgan fingerprint density at radius 3 is 3.10 bits per heavy atom. The molecule has 0 saturated carbocycles. The highest BCUT2D eigenvalue weighted by atomic mass is 32.1. The van der Waals surface area contributed by atoms with Crippen molar-refractivity contribution in [2.75, 3.05) is 0 Å². The Bertz CT molecular complexity index is 322. The molecule has 0 N–H and O–H groups in total. The molecule has 3 heteroatoms. The Morgan fingerprint density at radius 1 is 1.60 bits per heavy atom. The van der Waals surface area contributed by atoms with Gasteiger partial charge in [-0.05, 0) is 24.5 Å². The quantitative estimate of drug-likeness (QED) is 0.564. The average molecular weight is 152 g/mol. The maximum atomic E-state index is 4.24. The van der Waals surface area contributed by atoms with Gasteiger partial charge in [-0.25, -0.2) is 0 Å². The molecule has 0 fully saturated rings. The summed E-state index contributed by atoms with van der Waals surface area (Å²) in [5, 5.41) is 1.28. The van der Waals surface area contributed by atoms with E-state index in [4.69, 9.17) is 0 Å². The highest BCUT2D eigenvalue weighted by Crippen LogP contribution is 2.21. The van der Waals surface area contributed by atoms with Crippen LogP contribution in [0.2, 0.25) is 0 Å². The maximum absolute atomic E-state index is 4.24. The van der Waals surface area contributed by atoms with E-state index in [0.717, 1.165) is 5.69 Å². The van der Waals surface area contributed by atoms with Gasteiger partial charge in [0, 0.05) is 18.6 Å². The van der Waals surface area contributed by atoms with Crippen molar-refractivity contribution in [3.63, 3.8) is 0 Å². The highest BCUT2D eigenvalue weighted by Gasteiger charge is 2.02. The Morgan fingerprint density at radius 2 is 2.40 bits per heavy atom. The smallest absolute Gasteiger partial charge is 0.123 e. The molecule has 10 heavy (non-hydrogen) atoms. The molecule has 0 aliphatic rings. The molecule has 52 valence electrons. The SMILES string of the molecule is Cc1nsc2c1ccn2C. The number of hydrogen-bond donors (Lipinski definition) is 0. The van der Waals surface area contributed by atoms with Crippen molar-refractivity contribution < 1.29 is 0 Å². The van der Waals surface area contributed by atoms with Crippen LogP contribution in [0, 0.1) is 6.92 Å². The molecule has 2 rings (SSSR count). The van der Waals surface area contributed by atoms with Crippen LogP contribution >= 0.6 is 11.5 Å². The second kappa shape index (κ2) is 1.83. The third-order valence-electron chi connectivity index (χ3n) is 1.67. The molecule has 2 nitrogen and oxygen atoms in total. The van der Waals surface area contributed by atoms with Gasteiger partial charge in [0.15, 0.2) is 0 Å². The first-order chi connectivity index (χ1) is 4.79. The van der Waals surface area contributed by atoms with Gasteiger partial charge < -0.3 is 4.57 Å². The van der Waals surface area contributed by atoms with Crippen molar-refractivity contribution in [2.24, 2.45) is 7.05 Å². The second-order valence-electron chi connectivity index (χ2n) is 2.41. The average Bonchev–Trinajstić information content (AvgIpc) is 2.41. The molecular weight excluding hydrogens is 144 g/mol. The van der Waals surface area contributed by atoms with Gasteiger partial charge in [-0.2, -0.15) is 4.37 Å². The summed E-state index contributed by atoms with van der Waals surface area (Å²) in [7, 11) is 2.04. The minimum absolute atomic E-state index is 1.14. The third kappa shape index (κ3) is 0.609. The van der Waals surface area contributed by atoms with Crippen LogP contribution in [0.15, 0.2) is 12.3 Å². The molecule has 0 amide bonds. The number of aromatic nitrogens is 2. The molecule has 0 saturated heterocycles. The zero-order chi connectivity index (χ0) is 7.14. The Hall–Kier alpha value is -0.830. The van der Waals surface area contributed by atoms with Crippen LogP contribution in [0.1, 0.15) is 5.69 Å². The second-order valence-corrected chi connectivity index (χ2v) is 3.17. The van der Waals surface area contributed by atoms with Gasteiger partial charge in [0.1, 0.15) is 4.83 Å². The molecular formula is C7H8N2S. The fraction of sp³-hybridized carbons (Fsp3) is 0.286. The summed E-state index contributed by atoms with van der Waals surface area (Å²) in [6.45, 7) is 2.04. The Balaban J connectivity index is 2.95. The van der Waals surface area contributed by atoms with E-state index in [1.54, 1.807) is 11.5 Å². The number of nitrogens with zero attached hydrogens (tertiary/aromatic N) is 2. The topological polar surface area (TPSA) is 17.8 Å². The minimum atomic E-state index is 1.14. The largest absolute Gasteiger partial charge is 0.341 e. The van der Waals surface area contributed by atoms with E-state index in [2.05, 4.69) is 21.2 Å². The first kappa shape index (κ1) is 5.92. The predicted octanol–water partition coefficient (Wildman–Crippen LogP) is 1.94. The van der Waals surface area contributed by atoms with Crippen molar-refractivity contribution in [1.29, 1.82) is 0 Å². The van der Waals surface area contributed by atoms with Gasteiger partial charge in [0.05, 0.1) is 5.69 Å². The summed E-state index contributed by atoms with van der Waals surface area (Å²) in [6, 6.07) is 2.11. The van der Waals surface area contributed by atoms with Gasteiger partial charge in [-0.1, -0.05) is 0 Å². The summed E-state index contributed by atoms with van der Waals surface area (Å²) in [6.07, 6.45) is 2.07. The van der Waals surface area contributed by atoms with Crippen LogP contribution < -0.4 is 0 Å². The summed E-state index contributed by atoms with van der Waals surface area (Å²) in [4.78, 5) is 1.26. The monoisotopic (exact) mass is 152 g/mol. The van der Waals surface area contributed by atoms with Gasteiger partial charge >= 0.3 is 0 Å². The number of aryl methyl sites for hydroxylation is 2. The molecule has 0 unspecified atom stereocenters. The zero-order valence-electron chi connectivity index (χ0n) is 5.96. The van der Waals surface area contributed by atoms with Crippen molar-refractivity contribution in [2.45, 2.75) is 6.92 Å². The fourth-order valence-electron chi connectivity index (χ4n) is 1.07. The van der Waals surface area contributed by atoms with Crippen LogP contribution in [-0.4, -0.2) is 8.94 Å². The molecule has 0 atom stereocenters. The van der Waals surface area contributed by atoms with E-state index >= 15 is 0 Å². The van der Waals surface area contributed by atoms with Gasteiger partial charge in [0.25, 0.3) is 0 Å². The van der Waals surface area contributed by atoms with Crippen LogP contribution in [0.4, 0.5) is 0 Å². The molecule has 2 aromatic rings. The molecule has 2 heterocycles. The lowest BCUT2D eigenvalue weighted by molar-refractivity contribution is 0.978. The molecule has 0 bridgehead atoms. The summed E-state index contributed by atoms with van der Waals surface area (Å²) in [5.74, 6) is 0. The van der Waals surface area contributed by atoms with Crippen LogP contribution in [0.5, 0.6) is 0 Å². The lowest BCUT2D eigenvalue weighted by Crippen LogP contribution is -1.78. The zero-order valence-corrected chi connectivity index (χ0v) is 6.77.